The number of fused-ring (bicyclic) bond motifs is 2. The van der Waals surface area contributed by atoms with Crippen LogP contribution in [-0.4, -0.2) is 38.0 Å². The number of carbonyl (C=O) groups excluding carboxylic acids is 2. The van der Waals surface area contributed by atoms with Gasteiger partial charge in [-0.3, -0.25) is 19.3 Å². The number of aromatic nitrogens is 3. The Hall–Kier alpha value is -2.93. The van der Waals surface area contributed by atoms with Crippen molar-refractivity contribution in [1.29, 1.82) is 0 Å². The molecule has 0 saturated carbocycles. The quantitative estimate of drug-likeness (QED) is 0.746. The summed E-state index contributed by atoms with van der Waals surface area (Å²) < 4.78 is 1.66. The molecule has 1 aromatic carbocycles. The fourth-order valence-electron chi connectivity index (χ4n) is 3.46. The van der Waals surface area contributed by atoms with E-state index in [1.807, 2.05) is 6.07 Å². The molecular weight excluding hydrogens is 354 g/mol. The number of hydrogen-bond donors (Lipinski definition) is 1. The largest absolute Gasteiger partial charge is 0.364 e. The van der Waals surface area contributed by atoms with Gasteiger partial charge in [-0.1, -0.05) is 17.7 Å². The number of carbonyl (C=O) groups is 2. The van der Waals surface area contributed by atoms with Gasteiger partial charge < -0.3 is 10.6 Å². The molecule has 0 saturated heterocycles. The maximum Gasteiger partial charge on any atom is 0.269 e. The highest BCUT2D eigenvalue weighted by Crippen LogP contribution is 2.29. The second-order valence-electron chi connectivity index (χ2n) is 6.23. The molecule has 0 bridgehead atoms. The molecule has 2 N–H and O–H groups in total. The molecule has 2 aromatic heterocycles. The fraction of sp³-hybridized carbons (Fsp3) is 0.222. The van der Waals surface area contributed by atoms with Crippen LogP contribution >= 0.6 is 11.6 Å². The van der Waals surface area contributed by atoms with E-state index in [0.29, 0.717) is 40.0 Å². The van der Waals surface area contributed by atoms with Crippen molar-refractivity contribution in [3.05, 3.63) is 58.0 Å². The average molecular weight is 370 g/mol. The van der Waals surface area contributed by atoms with E-state index in [4.69, 9.17) is 17.3 Å². The number of aryl methyl sites for hydroxylation is 1. The van der Waals surface area contributed by atoms with Crippen LogP contribution in [0.15, 0.2) is 30.5 Å². The summed E-state index contributed by atoms with van der Waals surface area (Å²) in [5, 5.41) is 5.28. The van der Waals surface area contributed by atoms with Crippen LogP contribution in [-0.2, 0) is 20.0 Å². The number of halogens is 1. The van der Waals surface area contributed by atoms with Gasteiger partial charge >= 0.3 is 0 Å². The number of pyridine rings is 1. The van der Waals surface area contributed by atoms with E-state index in [2.05, 4.69) is 10.1 Å². The molecule has 0 spiro atoms. The SMILES string of the molecule is Cn1nc(C(N)=O)c2c1CCN(C(=O)c1c(Cl)ccc3ncccc13)C2. The third-order valence-electron chi connectivity index (χ3n) is 4.71. The van der Waals surface area contributed by atoms with Crippen molar-refractivity contribution in [2.75, 3.05) is 6.54 Å². The summed E-state index contributed by atoms with van der Waals surface area (Å²) in [6, 6.07) is 7.07. The Balaban J connectivity index is 1.76. The first kappa shape index (κ1) is 16.5. The fourth-order valence-corrected chi connectivity index (χ4v) is 3.71. The Labute approximate surface area is 154 Å². The molecule has 0 fully saturated rings. The van der Waals surface area contributed by atoms with Crippen LogP contribution in [0.3, 0.4) is 0 Å². The van der Waals surface area contributed by atoms with E-state index in [-0.39, 0.29) is 18.1 Å². The maximum atomic E-state index is 13.2. The van der Waals surface area contributed by atoms with Gasteiger partial charge in [0.1, 0.15) is 0 Å². The first-order chi connectivity index (χ1) is 12.5. The maximum absolute atomic E-state index is 13.2. The summed E-state index contributed by atoms with van der Waals surface area (Å²) in [6.07, 6.45) is 2.27. The van der Waals surface area contributed by atoms with Crippen molar-refractivity contribution in [3.8, 4) is 0 Å². The Kier molecular flexibility index (Phi) is 3.88. The monoisotopic (exact) mass is 369 g/mol. The molecule has 8 heteroatoms. The van der Waals surface area contributed by atoms with Crippen LogP contribution in [0.5, 0.6) is 0 Å². The summed E-state index contributed by atoms with van der Waals surface area (Å²) in [5.74, 6) is -0.790. The van der Waals surface area contributed by atoms with Crippen molar-refractivity contribution < 1.29 is 9.59 Å². The van der Waals surface area contributed by atoms with Gasteiger partial charge in [0.05, 0.1) is 22.6 Å². The molecule has 0 radical (unpaired) electrons. The van der Waals surface area contributed by atoms with E-state index in [9.17, 15) is 9.59 Å². The highest BCUT2D eigenvalue weighted by atomic mass is 35.5. The molecule has 4 rings (SSSR count). The van der Waals surface area contributed by atoms with E-state index >= 15 is 0 Å². The zero-order valence-corrected chi connectivity index (χ0v) is 14.8. The van der Waals surface area contributed by atoms with Crippen LogP contribution in [0.25, 0.3) is 10.9 Å². The topological polar surface area (TPSA) is 94.1 Å². The smallest absolute Gasteiger partial charge is 0.269 e. The lowest BCUT2D eigenvalue weighted by Crippen LogP contribution is -2.37. The Bertz CT molecular complexity index is 1060. The van der Waals surface area contributed by atoms with Gasteiger partial charge in [0, 0.05) is 42.9 Å². The van der Waals surface area contributed by atoms with Crippen molar-refractivity contribution in [2.45, 2.75) is 13.0 Å². The van der Waals surface area contributed by atoms with Crippen LogP contribution in [0.4, 0.5) is 0 Å². The standard InChI is InChI=1S/C18H16ClN5O2/c1-23-14-6-8-24(9-11(14)16(22-23)17(20)25)18(26)15-10-3-2-7-21-13(10)5-4-12(15)19/h2-5,7H,6,8-9H2,1H3,(H2,20,25). The molecule has 0 unspecified atom stereocenters. The summed E-state index contributed by atoms with van der Waals surface area (Å²) in [5.41, 5.74) is 8.40. The summed E-state index contributed by atoms with van der Waals surface area (Å²) in [6.45, 7) is 0.782. The Morgan fingerprint density at radius 1 is 1.27 bits per heavy atom. The second-order valence-corrected chi connectivity index (χ2v) is 6.64. The van der Waals surface area contributed by atoms with Crippen molar-refractivity contribution in [1.82, 2.24) is 19.7 Å². The van der Waals surface area contributed by atoms with E-state index in [0.717, 1.165) is 5.69 Å². The van der Waals surface area contributed by atoms with Crippen molar-refractivity contribution >= 4 is 34.3 Å². The van der Waals surface area contributed by atoms with Crippen LogP contribution in [0.2, 0.25) is 5.02 Å². The molecule has 1 aliphatic heterocycles. The molecule has 2 amide bonds. The first-order valence-electron chi connectivity index (χ1n) is 8.14. The highest BCUT2D eigenvalue weighted by molar-refractivity contribution is 6.35. The summed E-state index contributed by atoms with van der Waals surface area (Å²) >= 11 is 6.34. The number of hydrogen-bond acceptors (Lipinski definition) is 4. The van der Waals surface area contributed by atoms with Crippen LogP contribution in [0.1, 0.15) is 32.1 Å². The normalized spacial score (nSPS) is 13.7. The van der Waals surface area contributed by atoms with Crippen molar-refractivity contribution in [2.24, 2.45) is 12.8 Å². The average Bonchev–Trinajstić information content (AvgIpc) is 2.97. The molecule has 1 aliphatic rings. The van der Waals surface area contributed by atoms with E-state index in [1.165, 1.54) is 0 Å². The first-order valence-corrected chi connectivity index (χ1v) is 8.52. The minimum absolute atomic E-state index is 0.196. The lowest BCUT2D eigenvalue weighted by atomic mass is 10.0. The Morgan fingerprint density at radius 2 is 2.08 bits per heavy atom. The molecule has 0 aliphatic carbocycles. The van der Waals surface area contributed by atoms with Crippen LogP contribution in [0, 0.1) is 0 Å². The molecular formula is C18H16ClN5O2. The number of amides is 2. The van der Waals surface area contributed by atoms with Crippen LogP contribution < -0.4 is 5.73 Å². The highest BCUT2D eigenvalue weighted by Gasteiger charge is 2.30. The molecule has 7 nitrogen and oxygen atoms in total. The Morgan fingerprint density at radius 3 is 2.85 bits per heavy atom. The van der Waals surface area contributed by atoms with E-state index < -0.39 is 5.91 Å². The van der Waals surface area contributed by atoms with Gasteiger partial charge in [0.25, 0.3) is 11.8 Å². The second kappa shape index (κ2) is 6.10. The predicted octanol–water partition coefficient (Wildman–Crippen LogP) is 1.92. The minimum atomic E-state index is -0.594. The lowest BCUT2D eigenvalue weighted by molar-refractivity contribution is 0.0733. The molecule has 26 heavy (non-hydrogen) atoms. The van der Waals surface area contributed by atoms with Gasteiger partial charge in [-0.2, -0.15) is 5.10 Å². The summed E-state index contributed by atoms with van der Waals surface area (Å²) in [7, 11) is 1.77. The molecule has 3 heterocycles. The number of primary amides is 1. The minimum Gasteiger partial charge on any atom is -0.364 e. The zero-order valence-electron chi connectivity index (χ0n) is 14.1. The predicted molar refractivity (Wildman–Crippen MR) is 96.9 cm³/mol. The van der Waals surface area contributed by atoms with Gasteiger partial charge in [-0.15, -0.1) is 0 Å². The zero-order chi connectivity index (χ0) is 18.4. The third-order valence-corrected chi connectivity index (χ3v) is 5.03. The molecule has 0 atom stereocenters. The lowest BCUT2D eigenvalue weighted by Gasteiger charge is -2.28. The number of nitrogens with zero attached hydrogens (tertiary/aromatic N) is 4. The van der Waals surface area contributed by atoms with E-state index in [1.54, 1.807) is 41.0 Å². The molecule has 132 valence electrons. The molecule has 3 aromatic rings. The number of rotatable bonds is 2. The summed E-state index contributed by atoms with van der Waals surface area (Å²) in [4.78, 5) is 30.8. The van der Waals surface area contributed by atoms with Crippen molar-refractivity contribution in [3.63, 3.8) is 0 Å². The van der Waals surface area contributed by atoms with Gasteiger partial charge in [0.15, 0.2) is 5.69 Å². The van der Waals surface area contributed by atoms with Gasteiger partial charge in [-0.05, 0) is 18.2 Å². The van der Waals surface area contributed by atoms with Gasteiger partial charge in [-0.25, -0.2) is 0 Å². The third kappa shape index (κ3) is 2.52. The number of benzene rings is 1. The number of nitrogens with two attached hydrogens (primary N) is 1. The van der Waals surface area contributed by atoms with Gasteiger partial charge in [0.2, 0.25) is 0 Å².